The third-order valence-corrected chi connectivity index (χ3v) is 4.04. The van der Waals surface area contributed by atoms with Gasteiger partial charge in [0.15, 0.2) is 5.69 Å². The SMILES string of the molecule is Cc1ccc(C)c(NC(=O)c2nn(-c3ccccc3F)c(C)cc2=O)c1. The van der Waals surface area contributed by atoms with Crippen LogP contribution in [0.4, 0.5) is 10.1 Å². The van der Waals surface area contributed by atoms with Gasteiger partial charge in [-0.2, -0.15) is 5.10 Å². The van der Waals surface area contributed by atoms with E-state index < -0.39 is 17.2 Å². The third-order valence-electron chi connectivity index (χ3n) is 4.04. The number of carbonyl (C=O) groups excluding carboxylic acids is 1. The van der Waals surface area contributed by atoms with Gasteiger partial charge in [0.1, 0.15) is 11.5 Å². The van der Waals surface area contributed by atoms with Crippen LogP contribution in [0.3, 0.4) is 0 Å². The third kappa shape index (κ3) is 3.39. The summed E-state index contributed by atoms with van der Waals surface area (Å²) in [5.41, 5.74) is 2.25. The van der Waals surface area contributed by atoms with Crippen molar-refractivity contribution in [1.82, 2.24) is 9.78 Å². The molecule has 1 heterocycles. The number of hydrogen-bond donors (Lipinski definition) is 1. The maximum absolute atomic E-state index is 14.1. The fourth-order valence-electron chi connectivity index (χ4n) is 2.62. The van der Waals surface area contributed by atoms with Gasteiger partial charge in [0.25, 0.3) is 5.91 Å². The molecular formula is C20H18FN3O2. The van der Waals surface area contributed by atoms with Gasteiger partial charge in [0.2, 0.25) is 5.43 Å². The number of aromatic nitrogens is 2. The zero-order chi connectivity index (χ0) is 18.8. The average Bonchev–Trinajstić information content (AvgIpc) is 2.59. The fraction of sp³-hybridized carbons (Fsp3) is 0.150. The first kappa shape index (κ1) is 17.5. The molecule has 0 spiro atoms. The standard InChI is InChI=1S/C20H18FN3O2/c1-12-8-9-13(2)16(10-12)22-20(26)19-18(25)11-14(3)24(23-19)17-7-5-4-6-15(17)21/h4-11H,1-3H3,(H,22,26). The fourth-order valence-corrected chi connectivity index (χ4v) is 2.62. The molecule has 0 bridgehead atoms. The van der Waals surface area contributed by atoms with Crippen molar-refractivity contribution in [3.8, 4) is 5.69 Å². The van der Waals surface area contributed by atoms with Crippen LogP contribution in [0.1, 0.15) is 27.3 Å². The van der Waals surface area contributed by atoms with Gasteiger partial charge >= 0.3 is 0 Å². The number of amides is 1. The van der Waals surface area contributed by atoms with Crippen molar-refractivity contribution in [2.75, 3.05) is 5.32 Å². The summed E-state index contributed by atoms with van der Waals surface area (Å²) in [6.07, 6.45) is 0. The van der Waals surface area contributed by atoms with Gasteiger partial charge in [-0.15, -0.1) is 0 Å². The van der Waals surface area contributed by atoms with E-state index in [9.17, 15) is 14.0 Å². The average molecular weight is 351 g/mol. The Hall–Kier alpha value is -3.28. The van der Waals surface area contributed by atoms with E-state index in [4.69, 9.17) is 0 Å². The Morgan fingerprint density at radius 2 is 1.81 bits per heavy atom. The molecule has 0 fully saturated rings. The second kappa shape index (κ2) is 6.92. The second-order valence-electron chi connectivity index (χ2n) is 6.13. The minimum atomic E-state index is -0.631. The van der Waals surface area contributed by atoms with E-state index in [0.717, 1.165) is 11.1 Å². The number of nitrogens with one attached hydrogen (secondary N) is 1. The van der Waals surface area contributed by atoms with Crippen molar-refractivity contribution in [2.45, 2.75) is 20.8 Å². The number of halogens is 1. The molecule has 0 radical (unpaired) electrons. The second-order valence-corrected chi connectivity index (χ2v) is 6.13. The quantitative estimate of drug-likeness (QED) is 0.785. The van der Waals surface area contributed by atoms with Gasteiger partial charge in [-0.05, 0) is 50.1 Å². The van der Waals surface area contributed by atoms with Crippen LogP contribution >= 0.6 is 0 Å². The van der Waals surface area contributed by atoms with E-state index in [-0.39, 0.29) is 11.4 Å². The maximum Gasteiger partial charge on any atom is 0.280 e. The van der Waals surface area contributed by atoms with Gasteiger partial charge in [0.05, 0.1) is 0 Å². The Balaban J connectivity index is 2.04. The molecule has 0 saturated carbocycles. The van der Waals surface area contributed by atoms with E-state index in [1.165, 1.54) is 22.9 Å². The molecule has 0 aliphatic carbocycles. The number of benzene rings is 2. The largest absolute Gasteiger partial charge is 0.320 e. The van der Waals surface area contributed by atoms with E-state index in [1.54, 1.807) is 19.1 Å². The van der Waals surface area contributed by atoms with Gasteiger partial charge in [-0.3, -0.25) is 9.59 Å². The molecule has 1 aromatic heterocycles. The number of anilines is 1. The summed E-state index contributed by atoms with van der Waals surface area (Å²) in [4.78, 5) is 24.9. The minimum Gasteiger partial charge on any atom is -0.320 e. The van der Waals surface area contributed by atoms with Crippen molar-refractivity contribution in [1.29, 1.82) is 0 Å². The summed E-state index contributed by atoms with van der Waals surface area (Å²) in [5, 5.41) is 6.82. The van der Waals surface area contributed by atoms with Crippen LogP contribution in [0.25, 0.3) is 5.69 Å². The van der Waals surface area contributed by atoms with Gasteiger partial charge < -0.3 is 5.32 Å². The highest BCUT2D eigenvalue weighted by Crippen LogP contribution is 2.17. The first-order valence-corrected chi connectivity index (χ1v) is 8.11. The number of carbonyl (C=O) groups is 1. The van der Waals surface area contributed by atoms with Crippen LogP contribution < -0.4 is 10.7 Å². The van der Waals surface area contributed by atoms with Gasteiger partial charge in [-0.25, -0.2) is 9.07 Å². The van der Waals surface area contributed by atoms with Crippen LogP contribution in [-0.2, 0) is 0 Å². The number of nitrogens with zero attached hydrogens (tertiary/aromatic N) is 2. The van der Waals surface area contributed by atoms with Crippen LogP contribution in [0.15, 0.2) is 53.3 Å². The zero-order valence-corrected chi connectivity index (χ0v) is 14.7. The normalized spacial score (nSPS) is 10.6. The van der Waals surface area contributed by atoms with E-state index in [2.05, 4.69) is 10.4 Å². The molecule has 1 N–H and O–H groups in total. The molecule has 3 aromatic rings. The zero-order valence-electron chi connectivity index (χ0n) is 14.7. The molecule has 0 aliphatic rings. The number of rotatable bonds is 3. The lowest BCUT2D eigenvalue weighted by Crippen LogP contribution is -2.27. The summed E-state index contributed by atoms with van der Waals surface area (Å²) < 4.78 is 15.4. The van der Waals surface area contributed by atoms with Gasteiger partial charge in [0, 0.05) is 17.4 Å². The lowest BCUT2D eigenvalue weighted by atomic mass is 10.1. The monoisotopic (exact) mass is 351 g/mol. The number of para-hydroxylation sites is 1. The van der Waals surface area contributed by atoms with Gasteiger partial charge in [-0.1, -0.05) is 24.3 Å². The van der Waals surface area contributed by atoms with Crippen LogP contribution in [0, 0.1) is 26.6 Å². The minimum absolute atomic E-state index is 0.172. The summed E-state index contributed by atoms with van der Waals surface area (Å²) in [5.74, 6) is -1.12. The molecule has 6 heteroatoms. The molecule has 5 nitrogen and oxygen atoms in total. The Kier molecular flexibility index (Phi) is 4.67. The number of aryl methyl sites for hydroxylation is 3. The van der Waals surface area contributed by atoms with Crippen LogP contribution in [0.5, 0.6) is 0 Å². The highest BCUT2D eigenvalue weighted by atomic mass is 19.1. The molecule has 2 aromatic carbocycles. The lowest BCUT2D eigenvalue weighted by molar-refractivity contribution is 0.101. The Labute approximate surface area is 150 Å². The van der Waals surface area contributed by atoms with E-state index in [0.29, 0.717) is 11.4 Å². The first-order chi connectivity index (χ1) is 12.4. The molecule has 0 aliphatic heterocycles. The van der Waals surface area contributed by atoms with E-state index >= 15 is 0 Å². The van der Waals surface area contributed by atoms with E-state index in [1.807, 2.05) is 32.0 Å². The van der Waals surface area contributed by atoms with Crippen molar-refractivity contribution >= 4 is 11.6 Å². The summed E-state index contributed by atoms with van der Waals surface area (Å²) >= 11 is 0. The van der Waals surface area contributed by atoms with Crippen LogP contribution in [0.2, 0.25) is 0 Å². The molecule has 132 valence electrons. The maximum atomic E-state index is 14.1. The molecule has 0 atom stereocenters. The smallest absolute Gasteiger partial charge is 0.280 e. The lowest BCUT2D eigenvalue weighted by Gasteiger charge is -2.13. The summed E-state index contributed by atoms with van der Waals surface area (Å²) in [7, 11) is 0. The predicted octanol–water partition coefficient (Wildman–Crippen LogP) is 3.55. The van der Waals surface area contributed by atoms with Crippen LogP contribution in [-0.4, -0.2) is 15.7 Å². The number of hydrogen-bond acceptors (Lipinski definition) is 3. The topological polar surface area (TPSA) is 64.0 Å². The Bertz CT molecular complexity index is 1060. The van der Waals surface area contributed by atoms with Crippen molar-refractivity contribution in [2.24, 2.45) is 0 Å². The first-order valence-electron chi connectivity index (χ1n) is 8.11. The predicted molar refractivity (Wildman–Crippen MR) is 98.4 cm³/mol. The highest BCUT2D eigenvalue weighted by molar-refractivity contribution is 6.03. The van der Waals surface area contributed by atoms with Crippen molar-refractivity contribution < 1.29 is 9.18 Å². The Morgan fingerprint density at radius 3 is 2.54 bits per heavy atom. The molecule has 26 heavy (non-hydrogen) atoms. The molecule has 0 saturated heterocycles. The molecular weight excluding hydrogens is 333 g/mol. The van der Waals surface area contributed by atoms with Crippen molar-refractivity contribution in [3.05, 3.63) is 87.1 Å². The molecule has 0 unspecified atom stereocenters. The summed E-state index contributed by atoms with van der Waals surface area (Å²) in [6, 6.07) is 13.0. The Morgan fingerprint density at radius 1 is 1.08 bits per heavy atom. The molecule has 1 amide bonds. The summed E-state index contributed by atoms with van der Waals surface area (Å²) in [6.45, 7) is 5.40. The molecule has 3 rings (SSSR count). The highest BCUT2D eigenvalue weighted by Gasteiger charge is 2.17. The van der Waals surface area contributed by atoms with Crippen molar-refractivity contribution in [3.63, 3.8) is 0 Å².